The molecule has 7 heteroatoms. The molecule has 2 fully saturated rings. The lowest BCUT2D eigenvalue weighted by atomic mass is 9.97. The second-order valence-corrected chi connectivity index (χ2v) is 8.25. The Labute approximate surface area is 170 Å². The molecule has 2 aromatic rings. The average molecular weight is 406 g/mol. The quantitative estimate of drug-likeness (QED) is 0.700. The van der Waals surface area contributed by atoms with E-state index in [1.807, 2.05) is 6.07 Å². The zero-order valence-corrected chi connectivity index (χ0v) is 16.9. The van der Waals surface area contributed by atoms with Gasteiger partial charge in [0.25, 0.3) is 6.01 Å². The second-order valence-electron chi connectivity index (χ2n) is 7.82. The topological polar surface area (TPSA) is 67.6 Å². The number of piperidine rings is 1. The fourth-order valence-electron chi connectivity index (χ4n) is 4.12. The number of fused-ring (bicyclic) bond motifs is 1. The molecule has 1 aromatic heterocycles. The molecule has 1 aliphatic carbocycles. The molecular weight excluding hydrogens is 378 g/mol. The maximum atomic E-state index is 12.6. The molecule has 1 aromatic carbocycles. The van der Waals surface area contributed by atoms with Gasteiger partial charge < -0.3 is 19.4 Å². The van der Waals surface area contributed by atoms with Gasteiger partial charge in [-0.2, -0.15) is 4.98 Å². The molecule has 2 aliphatic rings. The predicted octanol–water partition coefficient (Wildman–Crippen LogP) is 4.16. The largest absolute Gasteiger partial charge is 0.423 e. The number of ether oxygens (including phenoxy) is 1. The zero-order valence-electron chi connectivity index (χ0n) is 16.2. The molecule has 1 amide bonds. The summed E-state index contributed by atoms with van der Waals surface area (Å²) >= 11 is 6.03. The summed E-state index contributed by atoms with van der Waals surface area (Å²) in [6.45, 7) is 2.88. The molecule has 28 heavy (non-hydrogen) atoms. The van der Waals surface area contributed by atoms with Crippen molar-refractivity contribution in [2.45, 2.75) is 51.0 Å². The van der Waals surface area contributed by atoms with Crippen LogP contribution in [0.4, 0.5) is 6.01 Å². The van der Waals surface area contributed by atoms with Gasteiger partial charge in [-0.05, 0) is 50.3 Å². The number of benzene rings is 1. The number of carbonyl (C=O) groups is 1. The summed E-state index contributed by atoms with van der Waals surface area (Å²) in [5.41, 5.74) is 1.46. The Morgan fingerprint density at radius 1 is 1.29 bits per heavy atom. The van der Waals surface area contributed by atoms with E-state index < -0.39 is 0 Å². The maximum Gasteiger partial charge on any atom is 0.298 e. The number of amides is 1. The van der Waals surface area contributed by atoms with Gasteiger partial charge in [0.1, 0.15) is 5.52 Å². The first-order valence-corrected chi connectivity index (χ1v) is 10.8. The standard InChI is InChI=1S/C21H28ClN3O3/c22-16-8-9-19-18(13-16)24-21(28-19)25-11-3-5-15(14-25)20(26)23-10-4-12-27-17-6-1-2-7-17/h8-9,13,15,17H,1-7,10-12,14H2,(H,23,26). The van der Waals surface area contributed by atoms with E-state index in [9.17, 15) is 4.79 Å². The van der Waals surface area contributed by atoms with E-state index in [1.165, 1.54) is 25.7 Å². The molecule has 1 aliphatic heterocycles. The van der Waals surface area contributed by atoms with E-state index in [1.54, 1.807) is 12.1 Å². The minimum Gasteiger partial charge on any atom is -0.423 e. The highest BCUT2D eigenvalue weighted by molar-refractivity contribution is 6.31. The number of nitrogens with one attached hydrogen (secondary N) is 1. The van der Waals surface area contributed by atoms with Crippen molar-refractivity contribution in [2.75, 3.05) is 31.1 Å². The molecule has 2 heterocycles. The fourth-order valence-corrected chi connectivity index (χ4v) is 4.29. The van der Waals surface area contributed by atoms with Crippen LogP contribution in [0.3, 0.4) is 0 Å². The highest BCUT2D eigenvalue weighted by Gasteiger charge is 2.28. The first-order chi connectivity index (χ1) is 13.7. The number of hydrogen-bond donors (Lipinski definition) is 1. The van der Waals surface area contributed by atoms with Crippen molar-refractivity contribution in [1.82, 2.24) is 10.3 Å². The molecule has 152 valence electrons. The third-order valence-electron chi connectivity index (χ3n) is 5.68. The van der Waals surface area contributed by atoms with E-state index in [2.05, 4.69) is 15.2 Å². The lowest BCUT2D eigenvalue weighted by molar-refractivity contribution is -0.125. The Balaban J connectivity index is 1.24. The summed E-state index contributed by atoms with van der Waals surface area (Å²) in [5, 5.41) is 3.71. The lowest BCUT2D eigenvalue weighted by Gasteiger charge is -2.30. The molecule has 4 rings (SSSR count). The van der Waals surface area contributed by atoms with Gasteiger partial charge in [-0.25, -0.2) is 0 Å². The summed E-state index contributed by atoms with van der Waals surface area (Å²) in [7, 11) is 0. The van der Waals surface area contributed by atoms with Crippen molar-refractivity contribution < 1.29 is 13.9 Å². The third-order valence-corrected chi connectivity index (χ3v) is 5.91. The summed E-state index contributed by atoms with van der Waals surface area (Å²) in [4.78, 5) is 19.2. The van der Waals surface area contributed by atoms with Crippen molar-refractivity contribution in [3.05, 3.63) is 23.2 Å². The number of carbonyl (C=O) groups excluding carboxylic acids is 1. The van der Waals surface area contributed by atoms with Gasteiger partial charge in [-0.1, -0.05) is 24.4 Å². The number of halogens is 1. The van der Waals surface area contributed by atoms with Crippen LogP contribution in [0, 0.1) is 5.92 Å². The van der Waals surface area contributed by atoms with E-state index >= 15 is 0 Å². The van der Waals surface area contributed by atoms with Crippen molar-refractivity contribution in [3.63, 3.8) is 0 Å². The average Bonchev–Trinajstić information content (AvgIpc) is 3.37. The number of nitrogens with zero attached hydrogens (tertiary/aromatic N) is 2. The highest BCUT2D eigenvalue weighted by atomic mass is 35.5. The van der Waals surface area contributed by atoms with Gasteiger partial charge in [0.05, 0.1) is 12.0 Å². The Bertz CT molecular complexity index is 803. The van der Waals surface area contributed by atoms with Crippen LogP contribution in [-0.2, 0) is 9.53 Å². The molecule has 1 saturated carbocycles. The van der Waals surface area contributed by atoms with Gasteiger partial charge in [0, 0.05) is 31.3 Å². The minimum absolute atomic E-state index is 0.0388. The van der Waals surface area contributed by atoms with E-state index in [0.29, 0.717) is 35.8 Å². The SMILES string of the molecule is O=C(NCCCOC1CCCC1)C1CCCN(c2nc3cc(Cl)ccc3o2)C1. The Morgan fingerprint density at radius 3 is 3.00 bits per heavy atom. The van der Waals surface area contributed by atoms with Crippen LogP contribution in [0.1, 0.15) is 44.9 Å². The smallest absolute Gasteiger partial charge is 0.298 e. The van der Waals surface area contributed by atoms with Gasteiger partial charge >= 0.3 is 0 Å². The van der Waals surface area contributed by atoms with Crippen LogP contribution < -0.4 is 10.2 Å². The van der Waals surface area contributed by atoms with Crippen molar-refractivity contribution in [2.24, 2.45) is 5.92 Å². The lowest BCUT2D eigenvalue weighted by Crippen LogP contribution is -2.43. The number of anilines is 1. The normalized spacial score (nSPS) is 20.8. The van der Waals surface area contributed by atoms with Gasteiger partial charge in [0.15, 0.2) is 5.58 Å². The Hall–Kier alpha value is -1.79. The summed E-state index contributed by atoms with van der Waals surface area (Å²) < 4.78 is 11.7. The van der Waals surface area contributed by atoms with Gasteiger partial charge in [-0.3, -0.25) is 4.79 Å². The van der Waals surface area contributed by atoms with Crippen LogP contribution in [0.15, 0.2) is 22.6 Å². The van der Waals surface area contributed by atoms with E-state index in [-0.39, 0.29) is 11.8 Å². The molecule has 0 radical (unpaired) electrons. The molecule has 6 nitrogen and oxygen atoms in total. The minimum atomic E-state index is -0.0388. The monoisotopic (exact) mass is 405 g/mol. The molecule has 1 unspecified atom stereocenters. The van der Waals surface area contributed by atoms with Crippen molar-refractivity contribution >= 4 is 34.6 Å². The number of rotatable bonds is 7. The molecule has 1 atom stereocenters. The third kappa shape index (κ3) is 4.78. The summed E-state index contributed by atoms with van der Waals surface area (Å²) in [5.74, 6) is 0.0767. The second kappa shape index (κ2) is 9.14. The predicted molar refractivity (Wildman–Crippen MR) is 110 cm³/mol. The van der Waals surface area contributed by atoms with Crippen molar-refractivity contribution in [3.8, 4) is 0 Å². The fraction of sp³-hybridized carbons (Fsp3) is 0.619. The van der Waals surface area contributed by atoms with Gasteiger partial charge in [0.2, 0.25) is 5.91 Å². The maximum absolute atomic E-state index is 12.6. The number of hydrogen-bond acceptors (Lipinski definition) is 5. The first kappa shape index (κ1) is 19.5. The van der Waals surface area contributed by atoms with Gasteiger partial charge in [-0.15, -0.1) is 0 Å². The Morgan fingerprint density at radius 2 is 2.14 bits per heavy atom. The van der Waals surface area contributed by atoms with Crippen LogP contribution in [-0.4, -0.2) is 43.2 Å². The summed E-state index contributed by atoms with van der Waals surface area (Å²) in [6.07, 6.45) is 8.09. The molecule has 1 N–H and O–H groups in total. The summed E-state index contributed by atoms with van der Waals surface area (Å²) in [6, 6.07) is 5.99. The van der Waals surface area contributed by atoms with Crippen LogP contribution in [0.5, 0.6) is 0 Å². The molecule has 1 saturated heterocycles. The number of aromatic nitrogens is 1. The van der Waals surface area contributed by atoms with E-state index in [4.69, 9.17) is 20.8 Å². The van der Waals surface area contributed by atoms with E-state index in [0.717, 1.165) is 37.9 Å². The van der Waals surface area contributed by atoms with Crippen LogP contribution in [0.25, 0.3) is 11.1 Å². The van der Waals surface area contributed by atoms with Crippen LogP contribution in [0.2, 0.25) is 5.02 Å². The first-order valence-electron chi connectivity index (χ1n) is 10.4. The van der Waals surface area contributed by atoms with Crippen molar-refractivity contribution in [1.29, 1.82) is 0 Å². The molecule has 0 spiro atoms. The Kier molecular flexibility index (Phi) is 6.37. The molecular formula is C21H28ClN3O3. The number of oxazole rings is 1. The molecule has 0 bridgehead atoms. The van der Waals surface area contributed by atoms with Crippen LogP contribution >= 0.6 is 11.6 Å². The highest BCUT2D eigenvalue weighted by Crippen LogP contribution is 2.28. The zero-order chi connectivity index (χ0) is 19.3.